The van der Waals surface area contributed by atoms with Crippen molar-refractivity contribution in [3.8, 4) is 0 Å². The van der Waals surface area contributed by atoms with E-state index in [1.54, 1.807) is 12.1 Å². The molecule has 1 N–H and O–H groups in total. The van der Waals surface area contributed by atoms with E-state index in [2.05, 4.69) is 92.8 Å². The zero-order chi connectivity index (χ0) is 28.1. The molecule has 0 saturated heterocycles. The van der Waals surface area contributed by atoms with E-state index in [1.807, 2.05) is 18.2 Å². The van der Waals surface area contributed by atoms with Gasteiger partial charge in [0.05, 0.1) is 0 Å². The van der Waals surface area contributed by atoms with Crippen LogP contribution in [-0.4, -0.2) is 24.0 Å². The number of hydrogen-bond donors (Lipinski definition) is 1. The van der Waals surface area contributed by atoms with Gasteiger partial charge < -0.3 is 10.1 Å². The van der Waals surface area contributed by atoms with Crippen molar-refractivity contribution in [3.05, 3.63) is 119 Å². The SMILES string of the molecule is CC(C)(C)c1ccc(CC(NC(=O)c2ccccc2)C(=O)O[C@H]2CCCC[C@@H]2c2cccc3ccccc23)cc1. The van der Waals surface area contributed by atoms with Gasteiger partial charge in [-0.3, -0.25) is 4.79 Å². The van der Waals surface area contributed by atoms with Gasteiger partial charge in [-0.15, -0.1) is 0 Å². The molecular weight excluding hydrogens is 494 g/mol. The number of rotatable bonds is 7. The molecular formula is C36H39NO3. The number of esters is 1. The van der Waals surface area contributed by atoms with E-state index in [9.17, 15) is 9.59 Å². The van der Waals surface area contributed by atoms with Crippen LogP contribution in [0.4, 0.5) is 0 Å². The lowest BCUT2D eigenvalue weighted by Crippen LogP contribution is -2.45. The largest absolute Gasteiger partial charge is 0.460 e. The van der Waals surface area contributed by atoms with E-state index >= 15 is 0 Å². The fourth-order valence-corrected chi connectivity index (χ4v) is 5.80. The van der Waals surface area contributed by atoms with Crippen LogP contribution in [0.2, 0.25) is 0 Å². The van der Waals surface area contributed by atoms with Crippen molar-refractivity contribution in [1.82, 2.24) is 5.32 Å². The van der Waals surface area contributed by atoms with Gasteiger partial charge in [-0.25, -0.2) is 4.79 Å². The van der Waals surface area contributed by atoms with Crippen LogP contribution in [-0.2, 0) is 21.4 Å². The Bertz CT molecular complexity index is 1450. The van der Waals surface area contributed by atoms with Crippen molar-refractivity contribution in [2.24, 2.45) is 0 Å². The Hall–Kier alpha value is -3.92. The Morgan fingerprint density at radius 3 is 2.25 bits per heavy atom. The summed E-state index contributed by atoms with van der Waals surface area (Å²) in [4.78, 5) is 27.0. The van der Waals surface area contributed by atoms with Crippen LogP contribution in [0.1, 0.15) is 79.4 Å². The highest BCUT2D eigenvalue weighted by Crippen LogP contribution is 2.38. The summed E-state index contributed by atoms with van der Waals surface area (Å²) in [6.07, 6.45) is 4.06. The molecule has 1 fully saturated rings. The smallest absolute Gasteiger partial charge is 0.329 e. The molecule has 1 aliphatic carbocycles. The molecule has 206 valence electrons. The number of benzene rings is 4. The number of ether oxygens (including phenoxy) is 1. The molecule has 1 unspecified atom stereocenters. The standard InChI is InChI=1S/C36H39NO3/c1-36(2,3)28-22-20-25(21-23-28)24-32(37-34(38)27-13-5-4-6-14-27)35(39)40-33-19-10-9-17-31(33)30-18-11-15-26-12-7-8-16-29(26)30/h4-8,11-16,18,20-23,31-33H,9-10,17,19,24H2,1-3H3,(H,37,38)/t31-,32?,33+/m1/s1. The highest BCUT2D eigenvalue weighted by atomic mass is 16.5. The molecule has 1 amide bonds. The number of fused-ring (bicyclic) bond motifs is 1. The second-order valence-corrected chi connectivity index (χ2v) is 12.0. The van der Waals surface area contributed by atoms with E-state index in [-0.39, 0.29) is 29.3 Å². The van der Waals surface area contributed by atoms with E-state index in [1.165, 1.54) is 21.9 Å². The molecule has 40 heavy (non-hydrogen) atoms. The molecule has 0 heterocycles. The molecule has 4 aromatic rings. The number of carbonyl (C=O) groups is 2. The Morgan fingerprint density at radius 1 is 0.825 bits per heavy atom. The molecule has 1 saturated carbocycles. The lowest BCUT2D eigenvalue weighted by Gasteiger charge is -2.33. The third-order valence-corrected chi connectivity index (χ3v) is 8.08. The molecule has 0 bridgehead atoms. The molecule has 4 nitrogen and oxygen atoms in total. The Labute approximate surface area is 237 Å². The summed E-state index contributed by atoms with van der Waals surface area (Å²) < 4.78 is 6.30. The topological polar surface area (TPSA) is 55.4 Å². The summed E-state index contributed by atoms with van der Waals surface area (Å²) in [5, 5.41) is 5.40. The molecule has 5 rings (SSSR count). The quantitative estimate of drug-likeness (QED) is 0.247. The minimum Gasteiger partial charge on any atom is -0.460 e. The third kappa shape index (κ3) is 6.44. The van der Waals surface area contributed by atoms with Gasteiger partial charge in [0.1, 0.15) is 12.1 Å². The maximum absolute atomic E-state index is 13.8. The van der Waals surface area contributed by atoms with E-state index in [4.69, 9.17) is 4.74 Å². The van der Waals surface area contributed by atoms with E-state index < -0.39 is 6.04 Å². The van der Waals surface area contributed by atoms with Crippen molar-refractivity contribution in [3.63, 3.8) is 0 Å². The minimum absolute atomic E-state index is 0.0377. The van der Waals surface area contributed by atoms with Crippen LogP contribution in [0.5, 0.6) is 0 Å². The molecule has 0 spiro atoms. The lowest BCUT2D eigenvalue weighted by atomic mass is 9.80. The Balaban J connectivity index is 1.39. The first kappa shape index (κ1) is 27.6. The minimum atomic E-state index is -0.789. The average molecular weight is 534 g/mol. The first-order valence-corrected chi connectivity index (χ1v) is 14.4. The Kier molecular flexibility index (Phi) is 8.35. The highest BCUT2D eigenvalue weighted by Gasteiger charge is 2.33. The van der Waals surface area contributed by atoms with Crippen LogP contribution in [0, 0.1) is 0 Å². The average Bonchev–Trinajstić information content (AvgIpc) is 2.97. The van der Waals surface area contributed by atoms with Gasteiger partial charge in [0.15, 0.2) is 0 Å². The first-order valence-electron chi connectivity index (χ1n) is 14.4. The van der Waals surface area contributed by atoms with E-state index in [0.717, 1.165) is 31.2 Å². The first-order chi connectivity index (χ1) is 19.3. The van der Waals surface area contributed by atoms with Crippen LogP contribution < -0.4 is 5.32 Å². The summed E-state index contributed by atoms with van der Waals surface area (Å²) in [7, 11) is 0. The summed E-state index contributed by atoms with van der Waals surface area (Å²) in [6.45, 7) is 6.54. The van der Waals surface area contributed by atoms with Crippen molar-refractivity contribution < 1.29 is 14.3 Å². The Morgan fingerprint density at radius 2 is 1.50 bits per heavy atom. The van der Waals surface area contributed by atoms with Crippen molar-refractivity contribution in [2.75, 3.05) is 0 Å². The van der Waals surface area contributed by atoms with Gasteiger partial charge in [-0.1, -0.05) is 112 Å². The van der Waals surface area contributed by atoms with Crippen molar-refractivity contribution in [2.45, 2.75) is 76.4 Å². The van der Waals surface area contributed by atoms with Gasteiger partial charge in [0.25, 0.3) is 5.91 Å². The zero-order valence-electron chi connectivity index (χ0n) is 23.7. The molecule has 4 heteroatoms. The number of nitrogens with one attached hydrogen (secondary N) is 1. The predicted octanol–water partition coefficient (Wildman–Crippen LogP) is 7.75. The van der Waals surface area contributed by atoms with Gasteiger partial charge in [0, 0.05) is 17.9 Å². The monoisotopic (exact) mass is 533 g/mol. The van der Waals surface area contributed by atoms with Gasteiger partial charge in [0.2, 0.25) is 0 Å². The van der Waals surface area contributed by atoms with Gasteiger partial charge in [-0.05, 0) is 64.3 Å². The summed E-state index contributed by atoms with van der Waals surface area (Å²) in [5.74, 6) is -0.523. The molecule has 0 radical (unpaired) electrons. The maximum Gasteiger partial charge on any atom is 0.329 e. The molecule has 0 aromatic heterocycles. The molecule has 1 aliphatic rings. The van der Waals surface area contributed by atoms with Crippen LogP contribution in [0.15, 0.2) is 97.1 Å². The summed E-state index contributed by atoms with van der Waals surface area (Å²) >= 11 is 0. The molecule has 4 aromatic carbocycles. The fourth-order valence-electron chi connectivity index (χ4n) is 5.80. The zero-order valence-corrected chi connectivity index (χ0v) is 23.7. The van der Waals surface area contributed by atoms with Crippen LogP contribution >= 0.6 is 0 Å². The maximum atomic E-state index is 13.8. The second kappa shape index (κ2) is 12.1. The fraction of sp³-hybridized carbons (Fsp3) is 0.333. The van der Waals surface area contributed by atoms with Crippen molar-refractivity contribution >= 4 is 22.6 Å². The van der Waals surface area contributed by atoms with Gasteiger partial charge in [-0.2, -0.15) is 0 Å². The number of amides is 1. The van der Waals surface area contributed by atoms with Crippen LogP contribution in [0.25, 0.3) is 10.8 Å². The lowest BCUT2D eigenvalue weighted by molar-refractivity contribution is -0.154. The molecule has 3 atom stereocenters. The third-order valence-electron chi connectivity index (χ3n) is 8.08. The van der Waals surface area contributed by atoms with E-state index in [0.29, 0.717) is 12.0 Å². The predicted molar refractivity (Wildman–Crippen MR) is 162 cm³/mol. The highest BCUT2D eigenvalue weighted by molar-refractivity contribution is 5.96. The molecule has 0 aliphatic heterocycles. The normalized spacial score (nSPS) is 18.2. The number of hydrogen-bond acceptors (Lipinski definition) is 3. The van der Waals surface area contributed by atoms with Crippen molar-refractivity contribution in [1.29, 1.82) is 0 Å². The van der Waals surface area contributed by atoms with Gasteiger partial charge >= 0.3 is 5.97 Å². The second-order valence-electron chi connectivity index (χ2n) is 12.0. The number of carbonyl (C=O) groups excluding carboxylic acids is 2. The summed E-state index contributed by atoms with van der Waals surface area (Å²) in [6, 6.07) is 31.4. The summed E-state index contributed by atoms with van der Waals surface area (Å²) in [5.41, 5.74) is 4.00. The van der Waals surface area contributed by atoms with Crippen LogP contribution in [0.3, 0.4) is 0 Å².